The van der Waals surface area contributed by atoms with Crippen molar-refractivity contribution in [2.45, 2.75) is 0 Å². The molecule has 0 fully saturated rings. The maximum absolute atomic E-state index is 3.91. The quantitative estimate of drug-likeness (QED) is 0.411. The topological polar surface area (TPSA) is 3.24 Å². The molecule has 0 spiro atoms. The molecule has 1 nitrogen and oxygen atoms in total. The second-order valence-corrected chi connectivity index (χ2v) is 13.0. The Bertz CT molecular complexity index is 224. The van der Waals surface area contributed by atoms with Crippen molar-refractivity contribution in [2.75, 3.05) is 0 Å². The van der Waals surface area contributed by atoms with Gasteiger partial charge in [-0.05, 0) is 11.4 Å². The van der Waals surface area contributed by atoms with E-state index < -0.39 is 17.9 Å². The molecule has 0 aromatic carbocycles. The third-order valence-corrected chi connectivity index (χ3v) is 19.8. The molecule has 1 aliphatic rings. The second kappa shape index (κ2) is 4.76. The normalized spacial score (nSPS) is 30.0. The zero-order valence-corrected chi connectivity index (χ0v) is 13.3. The summed E-state index contributed by atoms with van der Waals surface area (Å²) < 4.78 is 2.78. The molecule has 0 aromatic rings. The van der Waals surface area contributed by atoms with Gasteiger partial charge in [-0.25, -0.2) is 0 Å². The lowest BCUT2D eigenvalue weighted by Crippen LogP contribution is -2.50. The van der Waals surface area contributed by atoms with Crippen LogP contribution in [0.3, 0.4) is 0 Å². The Morgan fingerprint density at radius 3 is 2.17 bits per heavy atom. The van der Waals surface area contributed by atoms with Gasteiger partial charge in [0.05, 0.1) is 9.20 Å². The maximum atomic E-state index is 3.91. The number of hydrogen-bond acceptors (Lipinski definition) is 1. The van der Waals surface area contributed by atoms with Crippen LogP contribution in [0, 0.1) is 0 Å². The van der Waals surface area contributed by atoms with E-state index in [4.69, 9.17) is 0 Å². The predicted molar refractivity (Wildman–Crippen MR) is 67.7 cm³/mol. The van der Waals surface area contributed by atoms with E-state index in [0.717, 1.165) is 0 Å². The SMILES string of the molecule is C=C[SiH]1C=C=C[SiH](C=C)N1[SiH2][SiH3]. The Hall–Kier alpha value is -0.172. The van der Waals surface area contributed by atoms with Crippen molar-refractivity contribution in [3.05, 3.63) is 41.7 Å². The fourth-order valence-corrected chi connectivity index (χ4v) is 18.8. The van der Waals surface area contributed by atoms with Crippen LogP contribution in [0.1, 0.15) is 0 Å². The summed E-state index contributed by atoms with van der Waals surface area (Å²) in [6.07, 6.45) is 0. The van der Waals surface area contributed by atoms with E-state index in [0.29, 0.717) is 0 Å². The second-order valence-electron chi connectivity index (χ2n) is 2.78. The van der Waals surface area contributed by atoms with Crippen molar-refractivity contribution < 1.29 is 0 Å². The van der Waals surface area contributed by atoms with E-state index in [1.54, 1.807) is 0 Å². The van der Waals surface area contributed by atoms with E-state index in [2.05, 4.69) is 45.6 Å². The highest BCUT2D eigenvalue weighted by Crippen LogP contribution is 2.05. The van der Waals surface area contributed by atoms with Gasteiger partial charge in [0.2, 0.25) is 0 Å². The van der Waals surface area contributed by atoms with Crippen LogP contribution in [0.4, 0.5) is 0 Å². The Balaban J connectivity index is 2.86. The number of nitrogens with zero attached hydrogens (tertiary/aromatic N) is 1. The Morgan fingerprint density at radius 1 is 1.33 bits per heavy atom. The standard InChI is InChI=1S/C7H15NSi4/c1-3-11-6-5-7-12(4-2)8(11)10-9/h3-4,6-7,11-12H,1-2,10H2,9H3. The van der Waals surface area contributed by atoms with Crippen LogP contribution in [-0.4, -0.2) is 40.8 Å². The van der Waals surface area contributed by atoms with Gasteiger partial charge in [-0.15, -0.1) is 18.9 Å². The third kappa shape index (κ3) is 1.95. The van der Waals surface area contributed by atoms with Crippen LogP contribution in [0.15, 0.2) is 41.7 Å². The van der Waals surface area contributed by atoms with Crippen LogP contribution >= 0.6 is 0 Å². The fourth-order valence-electron chi connectivity index (χ4n) is 1.47. The molecule has 0 saturated heterocycles. The van der Waals surface area contributed by atoms with Crippen molar-refractivity contribution >= 4 is 36.9 Å². The minimum atomic E-state index is -0.879. The molecule has 0 aromatic heterocycles. The largest absolute Gasteiger partial charge is 0.367 e. The van der Waals surface area contributed by atoms with Crippen molar-refractivity contribution in [2.24, 2.45) is 0 Å². The first kappa shape index (κ1) is 9.91. The molecule has 12 heavy (non-hydrogen) atoms. The molecule has 0 saturated carbocycles. The Labute approximate surface area is 82.7 Å². The number of hydrogen-bond donors (Lipinski definition) is 0. The van der Waals surface area contributed by atoms with Gasteiger partial charge >= 0.3 is 0 Å². The molecule has 0 amide bonds. The summed E-state index contributed by atoms with van der Waals surface area (Å²) in [6, 6.07) is 0. The summed E-state index contributed by atoms with van der Waals surface area (Å²) in [7, 11) is -0.270. The highest BCUT2D eigenvalue weighted by atomic mass is 29.1. The molecule has 1 heterocycles. The van der Waals surface area contributed by atoms with Crippen molar-refractivity contribution in [3.63, 3.8) is 0 Å². The van der Waals surface area contributed by atoms with Crippen LogP contribution in [0.5, 0.6) is 0 Å². The monoisotopic (exact) mass is 225 g/mol. The van der Waals surface area contributed by atoms with E-state index in [9.17, 15) is 0 Å². The van der Waals surface area contributed by atoms with Crippen molar-refractivity contribution in [1.29, 1.82) is 0 Å². The summed E-state index contributed by atoms with van der Waals surface area (Å²) in [5.74, 6) is 0. The van der Waals surface area contributed by atoms with Gasteiger partial charge < -0.3 is 3.90 Å². The third-order valence-electron chi connectivity index (χ3n) is 2.15. The van der Waals surface area contributed by atoms with Gasteiger partial charge in [0.1, 0.15) is 0 Å². The summed E-state index contributed by atoms with van der Waals surface area (Å²) >= 11 is 0. The summed E-state index contributed by atoms with van der Waals surface area (Å²) in [5, 5.41) is 0. The molecular formula is C7H15NSi4. The lowest BCUT2D eigenvalue weighted by atomic mass is 11.0. The fraction of sp³-hybridized carbons (Fsp3) is 0. The molecule has 0 bridgehead atoms. The lowest BCUT2D eigenvalue weighted by Gasteiger charge is -2.31. The number of rotatable bonds is 3. The molecule has 1 rings (SSSR count). The molecular weight excluding hydrogens is 210 g/mol. The van der Waals surface area contributed by atoms with Gasteiger partial charge in [0, 0.05) is 9.76 Å². The molecule has 0 N–H and O–H groups in total. The van der Waals surface area contributed by atoms with Crippen LogP contribution in [0.25, 0.3) is 0 Å². The summed E-state index contributed by atoms with van der Waals surface area (Å²) in [4.78, 5) is 0. The van der Waals surface area contributed by atoms with E-state index in [1.807, 2.05) is 0 Å². The summed E-state index contributed by atoms with van der Waals surface area (Å²) in [5.41, 5.74) is 12.1. The average molecular weight is 226 g/mol. The van der Waals surface area contributed by atoms with E-state index >= 15 is 0 Å². The maximum Gasteiger partial charge on any atom is 0.155 e. The summed E-state index contributed by atoms with van der Waals surface area (Å²) in [6.45, 7) is 7.82. The highest BCUT2D eigenvalue weighted by molar-refractivity contribution is 7.02. The first-order valence-electron chi connectivity index (χ1n) is 4.27. The molecule has 0 radical (unpaired) electrons. The van der Waals surface area contributed by atoms with Crippen LogP contribution in [-0.2, 0) is 0 Å². The van der Waals surface area contributed by atoms with Gasteiger partial charge in [0.25, 0.3) is 0 Å². The molecule has 64 valence electrons. The molecule has 2 atom stereocenters. The minimum absolute atomic E-state index is 0.102. The van der Waals surface area contributed by atoms with Gasteiger partial charge in [-0.3, -0.25) is 0 Å². The molecule has 2 unspecified atom stereocenters. The zero-order valence-electron chi connectivity index (χ0n) is 7.53. The van der Waals surface area contributed by atoms with Gasteiger partial charge in [-0.1, -0.05) is 11.4 Å². The van der Waals surface area contributed by atoms with Crippen LogP contribution < -0.4 is 0 Å². The molecule has 5 heteroatoms. The average Bonchev–Trinajstić information content (AvgIpc) is 2.16. The zero-order chi connectivity index (χ0) is 8.97. The van der Waals surface area contributed by atoms with Crippen molar-refractivity contribution in [1.82, 2.24) is 3.90 Å². The van der Waals surface area contributed by atoms with Gasteiger partial charge in [-0.2, -0.15) is 0 Å². The van der Waals surface area contributed by atoms with E-state index in [-0.39, 0.29) is 9.20 Å². The molecule has 0 aliphatic carbocycles. The Morgan fingerprint density at radius 2 is 1.83 bits per heavy atom. The Kier molecular flexibility index (Phi) is 3.93. The minimum Gasteiger partial charge on any atom is -0.367 e. The highest BCUT2D eigenvalue weighted by Gasteiger charge is 2.21. The first-order valence-corrected chi connectivity index (χ1v) is 14.3. The van der Waals surface area contributed by atoms with E-state index in [1.165, 1.54) is 9.76 Å². The van der Waals surface area contributed by atoms with Crippen LogP contribution in [0.2, 0.25) is 0 Å². The van der Waals surface area contributed by atoms with Crippen molar-refractivity contribution in [3.8, 4) is 0 Å². The lowest BCUT2D eigenvalue weighted by molar-refractivity contribution is 1.08. The smallest absolute Gasteiger partial charge is 0.155 e. The van der Waals surface area contributed by atoms with Gasteiger partial charge in [0.15, 0.2) is 17.9 Å². The first-order chi connectivity index (χ1) is 5.83. The molecule has 1 aliphatic heterocycles. The predicted octanol–water partition coefficient (Wildman–Crippen LogP) is -1.65.